The van der Waals surface area contributed by atoms with Crippen LogP contribution in [0.3, 0.4) is 0 Å². The number of aromatic nitrogens is 1. The molecule has 0 amide bonds. The first kappa shape index (κ1) is 15.5. The van der Waals surface area contributed by atoms with Crippen LogP contribution in [0, 0.1) is 13.8 Å². The standard InChI is InChI=1S/C16H23N3O2/c1-5-12-6-7-15(21-12)14(19-17)8-13-11(3)16(20-4)10(2)9-18-13/h6-7,9,14,19H,5,8,17H2,1-4H3. The summed E-state index contributed by atoms with van der Waals surface area (Å²) >= 11 is 0. The molecule has 0 saturated carbocycles. The number of pyridine rings is 1. The Balaban J connectivity index is 2.26. The number of hydrogen-bond acceptors (Lipinski definition) is 5. The van der Waals surface area contributed by atoms with Gasteiger partial charge in [0.05, 0.1) is 13.2 Å². The zero-order valence-corrected chi connectivity index (χ0v) is 13.1. The van der Waals surface area contributed by atoms with Crippen LogP contribution >= 0.6 is 0 Å². The molecule has 0 bridgehead atoms. The lowest BCUT2D eigenvalue weighted by atomic mass is 10.0. The summed E-state index contributed by atoms with van der Waals surface area (Å²) < 4.78 is 11.2. The summed E-state index contributed by atoms with van der Waals surface area (Å²) in [5.41, 5.74) is 5.83. The van der Waals surface area contributed by atoms with Crippen LogP contribution in [0.25, 0.3) is 0 Å². The van der Waals surface area contributed by atoms with Gasteiger partial charge in [-0.05, 0) is 26.0 Å². The second kappa shape index (κ2) is 6.74. The fourth-order valence-corrected chi connectivity index (χ4v) is 2.48. The Hall–Kier alpha value is -1.85. The van der Waals surface area contributed by atoms with E-state index in [2.05, 4.69) is 17.3 Å². The van der Waals surface area contributed by atoms with Gasteiger partial charge >= 0.3 is 0 Å². The molecule has 114 valence electrons. The van der Waals surface area contributed by atoms with Crippen LogP contribution < -0.4 is 16.0 Å². The van der Waals surface area contributed by atoms with Gasteiger partial charge in [-0.15, -0.1) is 0 Å². The summed E-state index contributed by atoms with van der Waals surface area (Å²) in [5, 5.41) is 0. The molecule has 0 fully saturated rings. The smallest absolute Gasteiger partial charge is 0.128 e. The lowest BCUT2D eigenvalue weighted by molar-refractivity contribution is 0.390. The van der Waals surface area contributed by atoms with Crippen molar-refractivity contribution in [3.63, 3.8) is 0 Å². The van der Waals surface area contributed by atoms with Crippen molar-refractivity contribution in [3.8, 4) is 5.75 Å². The van der Waals surface area contributed by atoms with Crippen LogP contribution in [0.2, 0.25) is 0 Å². The topological polar surface area (TPSA) is 73.3 Å². The first-order chi connectivity index (χ1) is 10.1. The molecule has 3 N–H and O–H groups in total. The second-order valence-corrected chi connectivity index (χ2v) is 5.13. The van der Waals surface area contributed by atoms with Gasteiger partial charge in [0.2, 0.25) is 0 Å². The predicted octanol–water partition coefficient (Wildman–Crippen LogP) is 2.61. The van der Waals surface area contributed by atoms with Crippen molar-refractivity contribution in [1.29, 1.82) is 0 Å². The predicted molar refractivity (Wildman–Crippen MR) is 82.1 cm³/mol. The van der Waals surface area contributed by atoms with Gasteiger partial charge in [0.15, 0.2) is 0 Å². The molecule has 5 heteroatoms. The van der Waals surface area contributed by atoms with Gasteiger partial charge in [0.25, 0.3) is 0 Å². The molecule has 0 aliphatic carbocycles. The second-order valence-electron chi connectivity index (χ2n) is 5.13. The molecule has 0 aromatic carbocycles. The van der Waals surface area contributed by atoms with Gasteiger partial charge in [-0.25, -0.2) is 5.43 Å². The quantitative estimate of drug-likeness (QED) is 0.631. The molecule has 2 aromatic heterocycles. The maximum Gasteiger partial charge on any atom is 0.128 e. The van der Waals surface area contributed by atoms with Crippen molar-refractivity contribution in [2.24, 2.45) is 5.84 Å². The lowest BCUT2D eigenvalue weighted by Gasteiger charge is -2.17. The molecule has 2 heterocycles. The highest BCUT2D eigenvalue weighted by Gasteiger charge is 2.18. The average molecular weight is 289 g/mol. The van der Waals surface area contributed by atoms with E-state index < -0.39 is 0 Å². The molecule has 0 aliphatic rings. The van der Waals surface area contributed by atoms with Crippen molar-refractivity contribution in [2.45, 2.75) is 39.7 Å². The number of nitrogens with two attached hydrogens (primary N) is 1. The van der Waals surface area contributed by atoms with E-state index in [1.54, 1.807) is 7.11 Å². The Bertz CT molecular complexity index is 608. The molecule has 1 atom stereocenters. The van der Waals surface area contributed by atoms with Crippen LogP contribution in [0.4, 0.5) is 0 Å². The number of ether oxygens (including phenoxy) is 1. The highest BCUT2D eigenvalue weighted by atomic mass is 16.5. The summed E-state index contributed by atoms with van der Waals surface area (Å²) in [7, 11) is 1.68. The van der Waals surface area contributed by atoms with E-state index in [0.29, 0.717) is 6.42 Å². The molecule has 2 aromatic rings. The normalized spacial score (nSPS) is 12.4. The maximum atomic E-state index is 5.78. The number of furan rings is 1. The fourth-order valence-electron chi connectivity index (χ4n) is 2.48. The Labute approximate surface area is 125 Å². The molecule has 0 spiro atoms. The van der Waals surface area contributed by atoms with Crippen molar-refractivity contribution < 1.29 is 9.15 Å². The Morgan fingerprint density at radius 2 is 2.14 bits per heavy atom. The van der Waals surface area contributed by atoms with E-state index in [0.717, 1.165) is 40.5 Å². The molecule has 0 radical (unpaired) electrons. The largest absolute Gasteiger partial charge is 0.496 e. The van der Waals surface area contributed by atoms with E-state index in [1.165, 1.54) is 0 Å². The van der Waals surface area contributed by atoms with Gasteiger partial charge in [0.1, 0.15) is 17.3 Å². The summed E-state index contributed by atoms with van der Waals surface area (Å²) in [6.45, 7) is 6.06. The number of rotatable bonds is 6. The Morgan fingerprint density at radius 3 is 2.71 bits per heavy atom. The molecule has 21 heavy (non-hydrogen) atoms. The number of hydrogen-bond donors (Lipinski definition) is 2. The van der Waals surface area contributed by atoms with Gasteiger partial charge < -0.3 is 9.15 Å². The molecule has 5 nitrogen and oxygen atoms in total. The number of nitrogens with zero attached hydrogens (tertiary/aromatic N) is 1. The highest BCUT2D eigenvalue weighted by molar-refractivity contribution is 5.41. The van der Waals surface area contributed by atoms with Gasteiger partial charge in [-0.1, -0.05) is 6.92 Å². The molecule has 0 saturated heterocycles. The molecule has 2 rings (SSSR count). The summed E-state index contributed by atoms with van der Waals surface area (Å²) in [5.74, 6) is 8.35. The zero-order valence-electron chi connectivity index (χ0n) is 13.1. The Morgan fingerprint density at radius 1 is 1.38 bits per heavy atom. The van der Waals surface area contributed by atoms with Crippen LogP contribution in [0.1, 0.15) is 41.3 Å². The summed E-state index contributed by atoms with van der Waals surface area (Å²) in [6.07, 6.45) is 3.34. The maximum absolute atomic E-state index is 5.78. The van der Waals surface area contributed by atoms with Gasteiger partial charge in [-0.3, -0.25) is 10.8 Å². The molecular formula is C16H23N3O2. The average Bonchev–Trinajstić information content (AvgIpc) is 2.96. The van der Waals surface area contributed by atoms with Crippen molar-refractivity contribution in [2.75, 3.05) is 7.11 Å². The van der Waals surface area contributed by atoms with E-state index in [-0.39, 0.29) is 6.04 Å². The van der Waals surface area contributed by atoms with Crippen molar-refractivity contribution >= 4 is 0 Å². The fraction of sp³-hybridized carbons (Fsp3) is 0.438. The minimum atomic E-state index is -0.107. The summed E-state index contributed by atoms with van der Waals surface area (Å²) in [6, 6.07) is 3.84. The van der Waals surface area contributed by atoms with Gasteiger partial charge in [-0.2, -0.15) is 0 Å². The van der Waals surface area contributed by atoms with Gasteiger partial charge in [0, 0.05) is 35.9 Å². The number of hydrazine groups is 1. The highest BCUT2D eigenvalue weighted by Crippen LogP contribution is 2.27. The Kier molecular flexibility index (Phi) is 4.98. The van der Waals surface area contributed by atoms with Crippen molar-refractivity contribution in [1.82, 2.24) is 10.4 Å². The number of methoxy groups -OCH3 is 1. The van der Waals surface area contributed by atoms with E-state index in [1.807, 2.05) is 32.2 Å². The number of aryl methyl sites for hydroxylation is 2. The van der Waals surface area contributed by atoms with Crippen LogP contribution in [-0.2, 0) is 12.8 Å². The third kappa shape index (κ3) is 3.25. The molecule has 0 aliphatic heterocycles. The molecule has 1 unspecified atom stereocenters. The molecular weight excluding hydrogens is 266 g/mol. The first-order valence-corrected chi connectivity index (χ1v) is 7.14. The zero-order chi connectivity index (χ0) is 15.4. The van der Waals surface area contributed by atoms with Crippen molar-refractivity contribution in [3.05, 3.63) is 46.7 Å². The first-order valence-electron chi connectivity index (χ1n) is 7.14. The number of nitrogens with one attached hydrogen (secondary N) is 1. The minimum absolute atomic E-state index is 0.107. The third-order valence-corrected chi connectivity index (χ3v) is 3.72. The van der Waals surface area contributed by atoms with Crippen LogP contribution in [0.15, 0.2) is 22.7 Å². The monoisotopic (exact) mass is 289 g/mol. The summed E-state index contributed by atoms with van der Waals surface area (Å²) in [4.78, 5) is 4.51. The van der Waals surface area contributed by atoms with E-state index >= 15 is 0 Å². The van der Waals surface area contributed by atoms with Crippen LogP contribution in [0.5, 0.6) is 5.75 Å². The van der Waals surface area contributed by atoms with E-state index in [9.17, 15) is 0 Å². The lowest BCUT2D eigenvalue weighted by Crippen LogP contribution is -2.29. The van der Waals surface area contributed by atoms with Crippen LogP contribution in [-0.4, -0.2) is 12.1 Å². The SMILES string of the molecule is CCc1ccc(C(Cc2ncc(C)c(OC)c2C)NN)o1. The minimum Gasteiger partial charge on any atom is -0.496 e. The third-order valence-electron chi connectivity index (χ3n) is 3.72. The van der Waals surface area contributed by atoms with E-state index in [4.69, 9.17) is 15.0 Å².